The number of morpholine rings is 1. The molecule has 0 aromatic carbocycles. The highest BCUT2D eigenvalue weighted by Crippen LogP contribution is 2.19. The Balaban J connectivity index is 1.60. The number of nitrogens with one attached hydrogen (secondary N) is 1. The summed E-state index contributed by atoms with van der Waals surface area (Å²) < 4.78 is 7.41. The summed E-state index contributed by atoms with van der Waals surface area (Å²) in [4.78, 5) is 9.90. The third-order valence-electron chi connectivity index (χ3n) is 5.59. The number of guanidine groups is 1. The molecule has 2 aliphatic rings. The van der Waals surface area contributed by atoms with Gasteiger partial charge < -0.3 is 15.0 Å². The minimum atomic E-state index is 0.693. The fourth-order valence-corrected chi connectivity index (χ4v) is 3.95. The molecule has 0 saturated carbocycles. The number of aliphatic imine (C=N–C) groups is 1. The van der Waals surface area contributed by atoms with Crippen LogP contribution in [0.2, 0.25) is 0 Å². The predicted octanol–water partition coefficient (Wildman–Crippen LogP) is 1.16. The average Bonchev–Trinajstić information content (AvgIpc) is 3.18. The smallest absolute Gasteiger partial charge is 0.194 e. The van der Waals surface area contributed by atoms with Crippen LogP contribution in [0.5, 0.6) is 0 Å². The molecule has 0 amide bonds. The fourth-order valence-electron chi connectivity index (χ4n) is 3.95. The van der Waals surface area contributed by atoms with Crippen LogP contribution in [0.1, 0.15) is 30.3 Å². The van der Waals surface area contributed by atoms with Crippen molar-refractivity contribution in [3.8, 4) is 0 Å². The molecular formula is C19H34N6O. The van der Waals surface area contributed by atoms with Gasteiger partial charge in [0.15, 0.2) is 5.96 Å². The van der Waals surface area contributed by atoms with Crippen LogP contribution in [0.4, 0.5) is 0 Å². The molecule has 1 atom stereocenters. The summed E-state index contributed by atoms with van der Waals surface area (Å²) in [5, 5.41) is 7.99. The van der Waals surface area contributed by atoms with Crippen LogP contribution >= 0.6 is 0 Å². The summed E-state index contributed by atoms with van der Waals surface area (Å²) in [6, 6.07) is 0. The molecule has 146 valence electrons. The molecule has 26 heavy (non-hydrogen) atoms. The fraction of sp³-hybridized carbons (Fsp3) is 0.789. The zero-order valence-corrected chi connectivity index (χ0v) is 16.8. The molecule has 2 fully saturated rings. The Morgan fingerprint density at radius 1 is 1.27 bits per heavy atom. The van der Waals surface area contributed by atoms with E-state index in [1.165, 1.54) is 24.2 Å². The maximum absolute atomic E-state index is 5.46. The summed E-state index contributed by atoms with van der Waals surface area (Å²) in [5.41, 5.74) is 3.52. The van der Waals surface area contributed by atoms with Crippen LogP contribution in [0.25, 0.3) is 0 Å². The van der Waals surface area contributed by atoms with Crippen LogP contribution in [0, 0.1) is 19.8 Å². The van der Waals surface area contributed by atoms with E-state index in [0.29, 0.717) is 6.54 Å². The number of aromatic nitrogens is 2. The van der Waals surface area contributed by atoms with E-state index in [0.717, 1.165) is 63.5 Å². The Morgan fingerprint density at radius 3 is 2.69 bits per heavy atom. The molecule has 1 unspecified atom stereocenters. The lowest BCUT2D eigenvalue weighted by atomic mass is 10.1. The predicted molar refractivity (Wildman–Crippen MR) is 104 cm³/mol. The normalized spacial score (nSPS) is 22.2. The number of ether oxygens (including phenoxy) is 1. The Kier molecular flexibility index (Phi) is 6.53. The average molecular weight is 363 g/mol. The first kappa shape index (κ1) is 19.2. The van der Waals surface area contributed by atoms with E-state index < -0.39 is 0 Å². The first-order valence-corrected chi connectivity index (χ1v) is 9.91. The Hall–Kier alpha value is -1.60. The van der Waals surface area contributed by atoms with Gasteiger partial charge in [0, 0.05) is 57.6 Å². The van der Waals surface area contributed by atoms with Crippen LogP contribution in [-0.4, -0.2) is 78.0 Å². The zero-order chi connectivity index (χ0) is 18.5. The monoisotopic (exact) mass is 362 g/mol. The number of aryl methyl sites for hydroxylation is 2. The SMILES string of the molecule is CCNC(=NCc1c(C)nn(C)c1C)N1CCC(CN2CCOCC2)C1. The molecule has 0 radical (unpaired) electrons. The third kappa shape index (κ3) is 4.57. The van der Waals surface area contributed by atoms with Gasteiger partial charge in [0.1, 0.15) is 0 Å². The Bertz CT molecular complexity index is 620. The minimum Gasteiger partial charge on any atom is -0.379 e. The summed E-state index contributed by atoms with van der Waals surface area (Å²) >= 11 is 0. The lowest BCUT2D eigenvalue weighted by Gasteiger charge is -2.29. The van der Waals surface area contributed by atoms with Crippen molar-refractivity contribution in [3.05, 3.63) is 17.0 Å². The Labute approximate surface area is 157 Å². The van der Waals surface area contributed by atoms with Crippen LogP contribution in [0.3, 0.4) is 0 Å². The maximum Gasteiger partial charge on any atom is 0.194 e. The van der Waals surface area contributed by atoms with Crippen LogP contribution < -0.4 is 5.32 Å². The van der Waals surface area contributed by atoms with E-state index in [1.54, 1.807) is 0 Å². The molecule has 0 aliphatic carbocycles. The van der Waals surface area contributed by atoms with Crippen molar-refractivity contribution in [2.75, 3.05) is 52.5 Å². The second kappa shape index (κ2) is 8.86. The lowest BCUT2D eigenvalue weighted by molar-refractivity contribution is 0.0315. The van der Waals surface area contributed by atoms with Gasteiger partial charge in [-0.25, -0.2) is 4.99 Å². The second-order valence-corrected chi connectivity index (χ2v) is 7.46. The number of likely N-dealkylation sites (tertiary alicyclic amines) is 1. The van der Waals surface area contributed by atoms with Crippen molar-refractivity contribution in [2.24, 2.45) is 18.0 Å². The highest BCUT2D eigenvalue weighted by atomic mass is 16.5. The van der Waals surface area contributed by atoms with Crippen molar-refractivity contribution in [2.45, 2.75) is 33.7 Å². The van der Waals surface area contributed by atoms with Gasteiger partial charge in [0.2, 0.25) is 0 Å². The van der Waals surface area contributed by atoms with Crippen LogP contribution in [-0.2, 0) is 18.3 Å². The van der Waals surface area contributed by atoms with Gasteiger partial charge in [-0.1, -0.05) is 0 Å². The van der Waals surface area contributed by atoms with Gasteiger partial charge in [-0.3, -0.25) is 9.58 Å². The highest BCUT2D eigenvalue weighted by molar-refractivity contribution is 5.80. The molecule has 2 aliphatic heterocycles. The molecule has 2 saturated heterocycles. The van der Waals surface area contributed by atoms with Crippen molar-refractivity contribution in [3.63, 3.8) is 0 Å². The molecule has 3 rings (SSSR count). The summed E-state index contributed by atoms with van der Waals surface area (Å²) in [6.45, 7) is 15.2. The second-order valence-electron chi connectivity index (χ2n) is 7.46. The molecular weight excluding hydrogens is 328 g/mol. The molecule has 1 aromatic heterocycles. The molecule has 3 heterocycles. The van der Waals surface area contributed by atoms with Gasteiger partial charge in [-0.15, -0.1) is 0 Å². The minimum absolute atomic E-state index is 0.693. The standard InChI is InChI=1S/C19H34N6O/c1-5-20-19(21-12-18-15(2)22-23(4)16(18)3)25-7-6-17(14-25)13-24-8-10-26-11-9-24/h17H,5-14H2,1-4H3,(H,20,21). The third-order valence-corrected chi connectivity index (χ3v) is 5.59. The number of nitrogens with zero attached hydrogens (tertiary/aromatic N) is 5. The van der Waals surface area contributed by atoms with E-state index in [9.17, 15) is 0 Å². The maximum atomic E-state index is 5.46. The van der Waals surface area contributed by atoms with Gasteiger partial charge >= 0.3 is 0 Å². The van der Waals surface area contributed by atoms with E-state index in [2.05, 4.69) is 41.0 Å². The van der Waals surface area contributed by atoms with Crippen molar-refractivity contribution < 1.29 is 4.74 Å². The quantitative estimate of drug-likeness (QED) is 0.629. The van der Waals surface area contributed by atoms with Crippen molar-refractivity contribution >= 4 is 5.96 Å². The summed E-state index contributed by atoms with van der Waals surface area (Å²) in [5.74, 6) is 1.76. The molecule has 1 aromatic rings. The lowest BCUT2D eigenvalue weighted by Crippen LogP contribution is -2.42. The van der Waals surface area contributed by atoms with Crippen molar-refractivity contribution in [1.82, 2.24) is 24.9 Å². The Morgan fingerprint density at radius 2 is 2.04 bits per heavy atom. The molecule has 0 bridgehead atoms. The van der Waals surface area contributed by atoms with Crippen LogP contribution in [0.15, 0.2) is 4.99 Å². The van der Waals surface area contributed by atoms with Crippen molar-refractivity contribution in [1.29, 1.82) is 0 Å². The number of hydrogen-bond acceptors (Lipinski definition) is 4. The summed E-state index contributed by atoms with van der Waals surface area (Å²) in [7, 11) is 2.00. The van der Waals surface area contributed by atoms with Gasteiger partial charge in [0.25, 0.3) is 0 Å². The molecule has 0 spiro atoms. The van der Waals surface area contributed by atoms with Gasteiger partial charge in [-0.05, 0) is 33.1 Å². The first-order chi connectivity index (χ1) is 12.6. The van der Waals surface area contributed by atoms with E-state index in [-0.39, 0.29) is 0 Å². The highest BCUT2D eigenvalue weighted by Gasteiger charge is 2.27. The zero-order valence-electron chi connectivity index (χ0n) is 16.8. The summed E-state index contributed by atoms with van der Waals surface area (Å²) in [6.07, 6.45) is 1.24. The van der Waals surface area contributed by atoms with E-state index in [1.807, 2.05) is 11.7 Å². The van der Waals surface area contributed by atoms with E-state index >= 15 is 0 Å². The largest absolute Gasteiger partial charge is 0.379 e. The molecule has 1 N–H and O–H groups in total. The first-order valence-electron chi connectivity index (χ1n) is 9.91. The molecule has 7 nitrogen and oxygen atoms in total. The van der Waals surface area contributed by atoms with Gasteiger partial charge in [-0.2, -0.15) is 5.10 Å². The van der Waals surface area contributed by atoms with Gasteiger partial charge in [0.05, 0.1) is 25.5 Å². The van der Waals surface area contributed by atoms with E-state index in [4.69, 9.17) is 9.73 Å². The topological polar surface area (TPSA) is 57.9 Å². The number of hydrogen-bond donors (Lipinski definition) is 1. The molecule has 7 heteroatoms. The number of rotatable bonds is 5.